The van der Waals surface area contributed by atoms with E-state index in [1.807, 2.05) is 6.07 Å². The van der Waals surface area contributed by atoms with Gasteiger partial charge >= 0.3 is 0 Å². The zero-order valence-corrected chi connectivity index (χ0v) is 29.4. The lowest BCUT2D eigenvalue weighted by atomic mass is 9.88. The first-order valence-electron chi connectivity index (χ1n) is 17.8. The van der Waals surface area contributed by atoms with Gasteiger partial charge in [0, 0.05) is 21.5 Å². The fraction of sp³-hybridized carbons (Fsp3) is 0. The second-order valence-electron chi connectivity index (χ2n) is 13.4. The van der Waals surface area contributed by atoms with Gasteiger partial charge in [0.1, 0.15) is 11.2 Å². The third-order valence-electron chi connectivity index (χ3n) is 10.6. The normalized spacial score (nSPS) is 11.7. The monoisotopic (exact) mass is 676 g/mol. The van der Waals surface area contributed by atoms with Gasteiger partial charge in [0.15, 0.2) is 0 Å². The standard InChI is InChI=1S/C50H32OSi/c1-3-18-38(19-4-1)52(39-20-5-2-6-21-39,48-29-15-27-46-43-24-13-14-28-47(43)51-50(46)48)33-32-42-40-22-9-11-25-44(40)49(45-26-12-10-23-41(42)45)37-31-30-35-16-7-8-17-36(35)34-37/h1-31,34H. The van der Waals surface area contributed by atoms with Crippen LogP contribution in [-0.2, 0) is 0 Å². The van der Waals surface area contributed by atoms with Crippen molar-refractivity contribution in [3.63, 3.8) is 0 Å². The number of rotatable bonds is 4. The maximum Gasteiger partial charge on any atom is 0.233 e. The molecule has 1 heterocycles. The maximum absolute atomic E-state index is 6.79. The van der Waals surface area contributed by atoms with Crippen molar-refractivity contribution in [3.8, 4) is 22.6 Å². The Morgan fingerprint density at radius 1 is 0.404 bits per heavy atom. The lowest BCUT2D eigenvalue weighted by Gasteiger charge is -2.28. The van der Waals surface area contributed by atoms with E-state index in [4.69, 9.17) is 4.42 Å². The summed E-state index contributed by atoms with van der Waals surface area (Å²) < 4.78 is 6.79. The van der Waals surface area contributed by atoms with E-state index in [1.54, 1.807) is 0 Å². The second kappa shape index (κ2) is 12.3. The third-order valence-corrected chi connectivity index (χ3v) is 14.7. The van der Waals surface area contributed by atoms with Gasteiger partial charge in [-0.15, -0.1) is 5.54 Å². The molecular formula is C50H32OSi. The Labute approximate surface area is 303 Å². The number of furan rings is 1. The first kappa shape index (κ1) is 30.2. The highest BCUT2D eigenvalue weighted by Crippen LogP contribution is 2.40. The number of fused-ring (bicyclic) bond motifs is 6. The molecule has 0 unspecified atom stereocenters. The van der Waals surface area contributed by atoms with E-state index in [0.29, 0.717) is 0 Å². The summed E-state index contributed by atoms with van der Waals surface area (Å²) in [6, 6.07) is 69.7. The third kappa shape index (κ3) is 4.72. The van der Waals surface area contributed by atoms with E-state index in [2.05, 4.69) is 200 Å². The number of hydrogen-bond donors (Lipinski definition) is 0. The van der Waals surface area contributed by atoms with Crippen LogP contribution in [0.5, 0.6) is 0 Å². The zero-order valence-electron chi connectivity index (χ0n) is 28.4. The minimum absolute atomic E-state index is 0.892. The Balaban J connectivity index is 1.31. The van der Waals surface area contributed by atoms with Crippen LogP contribution in [0.25, 0.3) is 65.4 Å². The molecule has 0 saturated heterocycles. The number of benzene rings is 9. The van der Waals surface area contributed by atoms with Gasteiger partial charge in [0.05, 0.1) is 0 Å². The summed E-state index contributed by atoms with van der Waals surface area (Å²) >= 11 is 0. The van der Waals surface area contributed by atoms with Crippen LogP contribution < -0.4 is 15.6 Å². The van der Waals surface area contributed by atoms with E-state index in [0.717, 1.165) is 43.5 Å². The molecule has 0 aliphatic heterocycles. The second-order valence-corrected chi connectivity index (χ2v) is 16.9. The van der Waals surface area contributed by atoms with Crippen molar-refractivity contribution in [2.45, 2.75) is 0 Å². The Bertz CT molecular complexity index is 2920. The highest BCUT2D eigenvalue weighted by atomic mass is 28.3. The Morgan fingerprint density at radius 2 is 0.942 bits per heavy atom. The average Bonchev–Trinajstić information content (AvgIpc) is 3.61. The van der Waals surface area contributed by atoms with Gasteiger partial charge < -0.3 is 4.42 Å². The van der Waals surface area contributed by atoms with Gasteiger partial charge in [-0.3, -0.25) is 0 Å². The molecule has 2 heteroatoms. The summed E-state index contributed by atoms with van der Waals surface area (Å²) in [6.45, 7) is 0. The molecule has 1 nitrogen and oxygen atoms in total. The van der Waals surface area contributed by atoms with Crippen LogP contribution in [0.4, 0.5) is 0 Å². The Hall–Kier alpha value is -6.66. The molecule has 0 saturated carbocycles. The van der Waals surface area contributed by atoms with Gasteiger partial charge in [0.2, 0.25) is 8.07 Å². The molecule has 0 fully saturated rings. The average molecular weight is 677 g/mol. The SMILES string of the molecule is C(#C[Si](c1ccccc1)(c1ccccc1)c1cccc2c1oc1ccccc12)c1c2ccccc2c(-c2ccc3ccccc3c2)c2ccccc12. The molecule has 0 radical (unpaired) electrons. The van der Waals surface area contributed by atoms with Gasteiger partial charge in [-0.25, -0.2) is 0 Å². The first-order chi connectivity index (χ1) is 25.8. The van der Waals surface area contributed by atoms with E-state index in [9.17, 15) is 0 Å². The largest absolute Gasteiger partial charge is 0.456 e. The van der Waals surface area contributed by atoms with Gasteiger partial charge in [-0.05, 0) is 66.0 Å². The van der Waals surface area contributed by atoms with Crippen LogP contribution in [0.1, 0.15) is 5.56 Å². The molecule has 0 N–H and O–H groups in total. The van der Waals surface area contributed by atoms with Crippen LogP contribution in [0.2, 0.25) is 0 Å². The fourth-order valence-corrected chi connectivity index (χ4v) is 12.1. The predicted molar refractivity (Wildman–Crippen MR) is 223 cm³/mol. The Morgan fingerprint density at radius 3 is 1.62 bits per heavy atom. The maximum atomic E-state index is 6.79. The summed E-state index contributed by atoms with van der Waals surface area (Å²) in [7, 11) is -3.07. The number of para-hydroxylation sites is 2. The van der Waals surface area contributed by atoms with E-state index >= 15 is 0 Å². The van der Waals surface area contributed by atoms with E-state index in [1.165, 1.54) is 43.0 Å². The summed E-state index contributed by atoms with van der Waals surface area (Å²) in [6.07, 6.45) is 0. The molecule has 0 bridgehead atoms. The van der Waals surface area contributed by atoms with Gasteiger partial charge in [0.25, 0.3) is 0 Å². The summed E-state index contributed by atoms with van der Waals surface area (Å²) in [5.74, 6) is 3.94. The topological polar surface area (TPSA) is 13.1 Å². The van der Waals surface area contributed by atoms with Crippen molar-refractivity contribution in [2.75, 3.05) is 0 Å². The smallest absolute Gasteiger partial charge is 0.233 e. The molecule has 0 amide bonds. The van der Waals surface area contributed by atoms with Crippen LogP contribution in [0, 0.1) is 11.5 Å². The van der Waals surface area contributed by atoms with E-state index < -0.39 is 8.07 Å². The van der Waals surface area contributed by atoms with Crippen LogP contribution in [0.15, 0.2) is 199 Å². The minimum atomic E-state index is -3.07. The molecule has 1 aromatic heterocycles. The molecular weight excluding hydrogens is 645 g/mol. The summed E-state index contributed by atoms with van der Waals surface area (Å²) in [5.41, 5.74) is 9.44. The lowest BCUT2D eigenvalue weighted by molar-refractivity contribution is 0.671. The van der Waals surface area contributed by atoms with Gasteiger partial charge in [-0.1, -0.05) is 188 Å². The van der Waals surface area contributed by atoms with Crippen molar-refractivity contribution in [1.82, 2.24) is 0 Å². The van der Waals surface area contributed by atoms with E-state index in [-0.39, 0.29) is 0 Å². The lowest BCUT2D eigenvalue weighted by Crippen LogP contribution is -2.66. The molecule has 0 aliphatic carbocycles. The quantitative estimate of drug-likeness (QED) is 0.0783. The van der Waals surface area contributed by atoms with Crippen molar-refractivity contribution in [3.05, 3.63) is 200 Å². The van der Waals surface area contributed by atoms with Gasteiger partial charge in [-0.2, -0.15) is 0 Å². The highest BCUT2D eigenvalue weighted by Gasteiger charge is 2.41. The van der Waals surface area contributed by atoms with Crippen molar-refractivity contribution < 1.29 is 4.42 Å². The molecule has 0 atom stereocenters. The van der Waals surface area contributed by atoms with Crippen molar-refractivity contribution in [1.29, 1.82) is 0 Å². The number of hydrogen-bond acceptors (Lipinski definition) is 1. The Kier molecular flexibility index (Phi) is 7.13. The molecule has 242 valence electrons. The van der Waals surface area contributed by atoms with Crippen LogP contribution in [0.3, 0.4) is 0 Å². The first-order valence-corrected chi connectivity index (χ1v) is 19.8. The summed E-state index contributed by atoms with van der Waals surface area (Å²) in [4.78, 5) is 0. The van der Waals surface area contributed by atoms with Crippen LogP contribution in [-0.4, -0.2) is 8.07 Å². The fourth-order valence-electron chi connectivity index (χ4n) is 8.18. The van der Waals surface area contributed by atoms with Crippen molar-refractivity contribution >= 4 is 77.9 Å². The predicted octanol–water partition coefficient (Wildman–Crippen LogP) is 10.8. The zero-order chi connectivity index (χ0) is 34.5. The molecule has 52 heavy (non-hydrogen) atoms. The summed E-state index contributed by atoms with van der Waals surface area (Å²) in [5, 5.41) is 13.0. The minimum Gasteiger partial charge on any atom is -0.456 e. The molecule has 10 rings (SSSR count). The molecule has 0 aliphatic rings. The molecule has 0 spiro atoms. The molecule has 10 aromatic rings. The molecule has 9 aromatic carbocycles. The van der Waals surface area contributed by atoms with Crippen LogP contribution >= 0.6 is 0 Å². The van der Waals surface area contributed by atoms with Crippen molar-refractivity contribution in [2.24, 2.45) is 0 Å². The highest BCUT2D eigenvalue weighted by molar-refractivity contribution is 7.17.